The first-order valence-corrected chi connectivity index (χ1v) is 10.1. The molecular formula is C23H31IN4O3. The zero-order valence-electron chi connectivity index (χ0n) is 18.4. The molecule has 31 heavy (non-hydrogen) atoms. The molecule has 0 aliphatic heterocycles. The van der Waals surface area contributed by atoms with Crippen molar-refractivity contribution in [3.8, 4) is 17.2 Å². The normalized spacial score (nSPS) is 11.2. The summed E-state index contributed by atoms with van der Waals surface area (Å²) in [5, 5.41) is 18.0. The number of guanidine groups is 1. The van der Waals surface area contributed by atoms with Crippen molar-refractivity contribution in [1.82, 2.24) is 15.6 Å². The lowest BCUT2D eigenvalue weighted by Crippen LogP contribution is -2.38. The second-order valence-corrected chi connectivity index (χ2v) is 7.03. The Morgan fingerprint density at radius 2 is 1.84 bits per heavy atom. The summed E-state index contributed by atoms with van der Waals surface area (Å²) in [5.74, 6) is 1.46. The van der Waals surface area contributed by atoms with Crippen LogP contribution in [-0.2, 0) is 13.0 Å². The molecule has 0 aliphatic carbocycles. The lowest BCUT2D eigenvalue weighted by molar-refractivity contribution is 0.339. The van der Waals surface area contributed by atoms with E-state index in [-0.39, 0.29) is 29.7 Å². The minimum absolute atomic E-state index is 0. The van der Waals surface area contributed by atoms with Gasteiger partial charge in [-0.3, -0.25) is 0 Å². The second-order valence-electron chi connectivity index (χ2n) is 7.03. The highest BCUT2D eigenvalue weighted by atomic mass is 127. The first kappa shape index (κ1) is 24.6. The van der Waals surface area contributed by atoms with Gasteiger partial charge < -0.3 is 30.2 Å². The molecule has 0 bridgehead atoms. The lowest BCUT2D eigenvalue weighted by atomic mass is 10.1. The highest BCUT2D eigenvalue weighted by Gasteiger charge is 2.11. The van der Waals surface area contributed by atoms with E-state index in [4.69, 9.17) is 9.47 Å². The summed E-state index contributed by atoms with van der Waals surface area (Å²) in [6, 6.07) is 9.84. The third-order valence-electron chi connectivity index (χ3n) is 4.99. The number of H-pyrrole nitrogens is 1. The van der Waals surface area contributed by atoms with Crippen molar-refractivity contribution in [3.63, 3.8) is 0 Å². The molecule has 0 fully saturated rings. The van der Waals surface area contributed by atoms with Gasteiger partial charge in [0.1, 0.15) is 0 Å². The molecule has 0 amide bonds. The summed E-state index contributed by atoms with van der Waals surface area (Å²) in [4.78, 5) is 8.00. The first-order valence-electron chi connectivity index (χ1n) is 10.1. The molecule has 7 nitrogen and oxygen atoms in total. The number of benzene rings is 2. The lowest BCUT2D eigenvalue weighted by Gasteiger charge is -2.13. The van der Waals surface area contributed by atoms with Crippen LogP contribution >= 0.6 is 24.0 Å². The molecule has 3 aromatic rings. The van der Waals surface area contributed by atoms with Crippen LogP contribution in [0.5, 0.6) is 17.2 Å². The Bertz CT molecular complexity index is 1010. The Morgan fingerprint density at radius 1 is 1.13 bits per heavy atom. The molecular weight excluding hydrogens is 507 g/mol. The topological polar surface area (TPSA) is 90.9 Å². The summed E-state index contributed by atoms with van der Waals surface area (Å²) >= 11 is 0. The number of phenolic OH excluding ortho intramolecular Hbond substituents is 1. The van der Waals surface area contributed by atoms with Crippen LogP contribution < -0.4 is 20.1 Å². The Hall–Kier alpha value is -2.62. The van der Waals surface area contributed by atoms with Crippen LogP contribution in [0.25, 0.3) is 10.9 Å². The zero-order valence-corrected chi connectivity index (χ0v) is 20.7. The number of aryl methyl sites for hydroxylation is 1. The van der Waals surface area contributed by atoms with E-state index in [1.165, 1.54) is 36.2 Å². The number of aromatic hydroxyl groups is 1. The van der Waals surface area contributed by atoms with E-state index in [0.717, 1.165) is 31.0 Å². The van der Waals surface area contributed by atoms with E-state index in [2.05, 4.69) is 51.9 Å². The fourth-order valence-corrected chi connectivity index (χ4v) is 3.52. The summed E-state index contributed by atoms with van der Waals surface area (Å²) < 4.78 is 10.4. The smallest absolute Gasteiger partial charge is 0.200 e. The fraction of sp³-hybridized carbons (Fsp3) is 0.348. The van der Waals surface area contributed by atoms with E-state index < -0.39 is 0 Å². The molecule has 4 N–H and O–H groups in total. The number of nitrogens with one attached hydrogen (secondary N) is 3. The number of phenols is 1. The summed E-state index contributed by atoms with van der Waals surface area (Å²) in [6.07, 6.45) is 2.97. The Balaban J connectivity index is 0.00000341. The van der Waals surface area contributed by atoms with Crippen LogP contribution in [0.3, 0.4) is 0 Å². The molecule has 168 valence electrons. The number of fused-ring (bicyclic) bond motifs is 1. The standard InChI is InChI=1S/C23H30N4O3.HI/c1-5-24-23(27-13-16-11-19(29-3)22(28)20(12-16)30-4)25-10-9-17-14-26-18-8-6-7-15(2)21(17)18;/h6-8,11-12,14,26,28H,5,9-10,13H2,1-4H3,(H2,24,25,27);1H. The maximum absolute atomic E-state index is 10.1. The van der Waals surface area contributed by atoms with Gasteiger partial charge in [0.05, 0.1) is 20.8 Å². The predicted molar refractivity (Wildman–Crippen MR) is 136 cm³/mol. The third kappa shape index (κ3) is 5.96. The van der Waals surface area contributed by atoms with Gasteiger partial charge in [0.15, 0.2) is 17.5 Å². The van der Waals surface area contributed by atoms with Gasteiger partial charge in [-0.25, -0.2) is 4.99 Å². The van der Waals surface area contributed by atoms with Crippen molar-refractivity contribution in [2.45, 2.75) is 26.8 Å². The number of rotatable bonds is 8. The molecule has 1 aromatic heterocycles. The van der Waals surface area contributed by atoms with E-state index in [0.29, 0.717) is 18.0 Å². The molecule has 0 atom stereocenters. The number of ether oxygens (including phenoxy) is 2. The quantitative estimate of drug-likeness (QED) is 0.197. The number of methoxy groups -OCH3 is 2. The van der Waals surface area contributed by atoms with Gasteiger partial charge in [0.2, 0.25) is 5.75 Å². The number of aliphatic imine (C=N–C) groups is 1. The van der Waals surface area contributed by atoms with Gasteiger partial charge in [-0.15, -0.1) is 24.0 Å². The highest BCUT2D eigenvalue weighted by molar-refractivity contribution is 14.0. The summed E-state index contributed by atoms with van der Waals surface area (Å²) in [6.45, 7) is 6.12. The highest BCUT2D eigenvalue weighted by Crippen LogP contribution is 2.37. The van der Waals surface area contributed by atoms with Gasteiger partial charge >= 0.3 is 0 Å². The van der Waals surface area contributed by atoms with Crippen molar-refractivity contribution in [3.05, 3.63) is 53.2 Å². The van der Waals surface area contributed by atoms with Crippen molar-refractivity contribution in [2.75, 3.05) is 27.3 Å². The monoisotopic (exact) mass is 538 g/mol. The van der Waals surface area contributed by atoms with E-state index >= 15 is 0 Å². The number of hydrogen-bond acceptors (Lipinski definition) is 4. The SMILES string of the molecule is CCNC(=NCc1cc(OC)c(O)c(OC)c1)NCCc1c[nH]c2cccc(C)c12.I. The second kappa shape index (κ2) is 11.7. The van der Waals surface area contributed by atoms with Crippen molar-refractivity contribution >= 4 is 40.8 Å². The number of aromatic nitrogens is 1. The maximum Gasteiger partial charge on any atom is 0.200 e. The van der Waals surface area contributed by atoms with Crippen molar-refractivity contribution < 1.29 is 14.6 Å². The van der Waals surface area contributed by atoms with E-state index in [9.17, 15) is 5.11 Å². The van der Waals surface area contributed by atoms with Gasteiger partial charge in [-0.2, -0.15) is 0 Å². The predicted octanol–water partition coefficient (Wildman–Crippen LogP) is 4.11. The molecule has 0 spiro atoms. The molecule has 0 unspecified atom stereocenters. The van der Waals surface area contributed by atoms with Crippen LogP contribution in [0.2, 0.25) is 0 Å². The Kier molecular flexibility index (Phi) is 9.29. The molecule has 0 aliphatic rings. The first-order chi connectivity index (χ1) is 14.6. The van der Waals surface area contributed by atoms with Gasteiger partial charge in [0.25, 0.3) is 0 Å². The molecule has 0 radical (unpaired) electrons. The largest absolute Gasteiger partial charge is 0.502 e. The number of nitrogens with zero attached hydrogens (tertiary/aromatic N) is 1. The van der Waals surface area contributed by atoms with Gasteiger partial charge in [-0.1, -0.05) is 12.1 Å². The van der Waals surface area contributed by atoms with Crippen LogP contribution in [0.1, 0.15) is 23.6 Å². The van der Waals surface area contributed by atoms with Crippen LogP contribution in [-0.4, -0.2) is 43.4 Å². The molecule has 8 heteroatoms. The number of aromatic amines is 1. The minimum Gasteiger partial charge on any atom is -0.502 e. The Labute approximate surface area is 200 Å². The fourth-order valence-electron chi connectivity index (χ4n) is 3.52. The molecule has 0 saturated heterocycles. The van der Waals surface area contributed by atoms with Crippen molar-refractivity contribution in [1.29, 1.82) is 0 Å². The van der Waals surface area contributed by atoms with E-state index in [1.807, 2.05) is 6.92 Å². The molecule has 3 rings (SSSR count). The minimum atomic E-state index is -0.00761. The summed E-state index contributed by atoms with van der Waals surface area (Å²) in [7, 11) is 3.03. The number of hydrogen-bond donors (Lipinski definition) is 4. The maximum atomic E-state index is 10.1. The molecule has 2 aromatic carbocycles. The third-order valence-corrected chi connectivity index (χ3v) is 4.99. The van der Waals surface area contributed by atoms with Crippen molar-refractivity contribution in [2.24, 2.45) is 4.99 Å². The molecule has 1 heterocycles. The van der Waals surface area contributed by atoms with E-state index in [1.54, 1.807) is 12.1 Å². The zero-order chi connectivity index (χ0) is 21.5. The van der Waals surface area contributed by atoms with Crippen LogP contribution in [0.4, 0.5) is 0 Å². The molecule has 0 saturated carbocycles. The number of halogens is 1. The summed E-state index contributed by atoms with van der Waals surface area (Å²) in [5.41, 5.74) is 4.62. The average molecular weight is 538 g/mol. The Morgan fingerprint density at radius 3 is 2.48 bits per heavy atom. The van der Waals surface area contributed by atoms with Crippen LogP contribution in [0, 0.1) is 6.92 Å². The van der Waals surface area contributed by atoms with Gasteiger partial charge in [-0.05, 0) is 55.2 Å². The van der Waals surface area contributed by atoms with Crippen LogP contribution in [0.15, 0.2) is 41.5 Å². The average Bonchev–Trinajstić information content (AvgIpc) is 3.17. The van der Waals surface area contributed by atoms with Gasteiger partial charge in [0, 0.05) is 30.2 Å².